The van der Waals surface area contributed by atoms with Crippen molar-refractivity contribution in [2.75, 3.05) is 26.6 Å². The molecule has 0 aliphatic rings. The molecule has 0 aliphatic carbocycles. The Morgan fingerprint density at radius 1 is 1.20 bits per heavy atom. The normalized spacial score (nSPS) is 11.9. The molecule has 5 nitrogen and oxygen atoms in total. The minimum atomic E-state index is -0.456. The molecule has 0 spiro atoms. The summed E-state index contributed by atoms with van der Waals surface area (Å²) in [6.07, 6.45) is 0. The third-order valence-corrected chi connectivity index (χ3v) is 4.09. The fraction of sp³-hybridized carbons (Fsp3) is 0.316. The lowest BCUT2D eigenvalue weighted by molar-refractivity contribution is -0.120. The molecule has 0 heterocycles. The van der Waals surface area contributed by atoms with Gasteiger partial charge in [0.15, 0.2) is 0 Å². The van der Waals surface area contributed by atoms with Gasteiger partial charge < -0.3 is 14.8 Å². The minimum absolute atomic E-state index is 0.176. The number of benzene rings is 2. The first-order chi connectivity index (χ1) is 12.0. The number of rotatable bonds is 7. The number of carbonyl (C=O) groups is 1. The number of ether oxygens (including phenoxy) is 2. The summed E-state index contributed by atoms with van der Waals surface area (Å²) in [7, 11) is 5.01. The summed E-state index contributed by atoms with van der Waals surface area (Å²) in [5.41, 5.74) is 1.10. The molecule has 6 heteroatoms. The minimum Gasteiger partial charge on any atom is -0.497 e. The molecule has 0 fully saturated rings. The lowest BCUT2D eigenvalue weighted by atomic mass is 10.1. The van der Waals surface area contributed by atoms with E-state index in [1.807, 2.05) is 24.1 Å². The summed E-state index contributed by atoms with van der Waals surface area (Å²) in [5, 5.41) is 2.62. The zero-order valence-electron chi connectivity index (χ0n) is 14.9. The van der Waals surface area contributed by atoms with E-state index in [9.17, 15) is 9.18 Å². The maximum atomic E-state index is 13.7. The number of halogens is 1. The molecule has 2 rings (SSSR count). The average Bonchev–Trinajstić information content (AvgIpc) is 2.63. The van der Waals surface area contributed by atoms with Crippen LogP contribution < -0.4 is 14.8 Å². The Bertz CT molecular complexity index is 736. The maximum Gasteiger partial charge on any atom is 0.241 e. The molecule has 0 saturated heterocycles. The van der Waals surface area contributed by atoms with Crippen LogP contribution in [0.1, 0.15) is 12.5 Å². The molecule has 25 heavy (non-hydrogen) atoms. The van der Waals surface area contributed by atoms with Gasteiger partial charge in [-0.25, -0.2) is 4.39 Å². The molecule has 0 aliphatic heterocycles. The van der Waals surface area contributed by atoms with E-state index in [0.29, 0.717) is 18.0 Å². The predicted molar refractivity (Wildman–Crippen MR) is 95.5 cm³/mol. The van der Waals surface area contributed by atoms with Gasteiger partial charge in [0.05, 0.1) is 25.9 Å². The van der Waals surface area contributed by atoms with E-state index in [0.717, 1.165) is 5.56 Å². The number of likely N-dealkylation sites (N-methyl/N-ethyl adjacent to an activating group) is 1. The highest BCUT2D eigenvalue weighted by Crippen LogP contribution is 2.26. The monoisotopic (exact) mass is 346 g/mol. The van der Waals surface area contributed by atoms with E-state index in [1.54, 1.807) is 39.3 Å². The second-order valence-corrected chi connectivity index (χ2v) is 5.74. The van der Waals surface area contributed by atoms with Crippen molar-refractivity contribution in [1.29, 1.82) is 0 Å². The zero-order chi connectivity index (χ0) is 18.4. The van der Waals surface area contributed by atoms with Gasteiger partial charge in [-0.2, -0.15) is 0 Å². The molecular formula is C19H23FN2O3. The average molecular weight is 346 g/mol. The summed E-state index contributed by atoms with van der Waals surface area (Å²) in [6.45, 7) is 2.27. The van der Waals surface area contributed by atoms with E-state index in [1.165, 1.54) is 12.1 Å². The highest BCUT2D eigenvalue weighted by atomic mass is 19.1. The summed E-state index contributed by atoms with van der Waals surface area (Å²) in [4.78, 5) is 14.2. The standard InChI is InChI=1S/C19H23FN2O3/c1-13(19(23)21-17-8-6-5-7-16(17)20)22(2)12-14-9-10-15(24-3)11-18(14)25-4/h5-11,13H,12H2,1-4H3,(H,21,23)/t13-/m1/s1. The Labute approximate surface area is 147 Å². The smallest absolute Gasteiger partial charge is 0.241 e. The topological polar surface area (TPSA) is 50.8 Å². The third-order valence-electron chi connectivity index (χ3n) is 4.09. The fourth-order valence-corrected chi connectivity index (χ4v) is 2.39. The van der Waals surface area contributed by atoms with Crippen molar-refractivity contribution >= 4 is 11.6 Å². The number of anilines is 1. The second-order valence-electron chi connectivity index (χ2n) is 5.74. The molecule has 1 amide bonds. The largest absolute Gasteiger partial charge is 0.497 e. The number of amides is 1. The molecule has 2 aromatic carbocycles. The van der Waals surface area contributed by atoms with Gasteiger partial charge in [0.1, 0.15) is 17.3 Å². The van der Waals surface area contributed by atoms with Crippen LogP contribution in [0.5, 0.6) is 11.5 Å². The molecular weight excluding hydrogens is 323 g/mol. The van der Waals surface area contributed by atoms with Crippen LogP contribution in [-0.2, 0) is 11.3 Å². The number of methoxy groups -OCH3 is 2. The van der Waals surface area contributed by atoms with E-state index < -0.39 is 11.9 Å². The number of nitrogens with zero attached hydrogens (tertiary/aromatic N) is 1. The van der Waals surface area contributed by atoms with Crippen molar-refractivity contribution in [3.05, 3.63) is 53.8 Å². The van der Waals surface area contributed by atoms with E-state index in [-0.39, 0.29) is 11.6 Å². The van der Waals surface area contributed by atoms with Gasteiger partial charge in [-0.15, -0.1) is 0 Å². The van der Waals surface area contributed by atoms with Gasteiger partial charge in [0, 0.05) is 18.2 Å². The van der Waals surface area contributed by atoms with Crippen molar-refractivity contribution in [3.63, 3.8) is 0 Å². The van der Waals surface area contributed by atoms with Crippen molar-refractivity contribution < 1.29 is 18.7 Å². The summed E-state index contributed by atoms with van der Waals surface area (Å²) in [6, 6.07) is 11.2. The predicted octanol–water partition coefficient (Wildman–Crippen LogP) is 3.30. The van der Waals surface area contributed by atoms with Crippen molar-refractivity contribution in [2.45, 2.75) is 19.5 Å². The van der Waals surface area contributed by atoms with Crippen LogP contribution in [0, 0.1) is 5.82 Å². The maximum absolute atomic E-state index is 13.7. The molecule has 0 saturated carbocycles. The van der Waals surface area contributed by atoms with Gasteiger partial charge in [0.25, 0.3) is 0 Å². The van der Waals surface area contributed by atoms with E-state index in [2.05, 4.69) is 5.32 Å². The SMILES string of the molecule is COc1ccc(CN(C)[C@H](C)C(=O)Nc2ccccc2F)c(OC)c1. The lowest BCUT2D eigenvalue weighted by Crippen LogP contribution is -2.39. The van der Waals surface area contributed by atoms with Gasteiger partial charge in [-0.1, -0.05) is 18.2 Å². The van der Waals surface area contributed by atoms with Gasteiger partial charge in [0.2, 0.25) is 5.91 Å². The van der Waals surface area contributed by atoms with Crippen LogP contribution in [0.2, 0.25) is 0 Å². The fourth-order valence-electron chi connectivity index (χ4n) is 2.39. The molecule has 0 unspecified atom stereocenters. The number of para-hydroxylation sites is 1. The van der Waals surface area contributed by atoms with Crippen LogP contribution >= 0.6 is 0 Å². The third kappa shape index (κ3) is 4.70. The lowest BCUT2D eigenvalue weighted by Gasteiger charge is -2.25. The Morgan fingerprint density at radius 3 is 2.56 bits per heavy atom. The van der Waals surface area contributed by atoms with Gasteiger partial charge in [-0.05, 0) is 32.2 Å². The summed E-state index contributed by atoms with van der Waals surface area (Å²) in [5.74, 6) is 0.657. The number of hydrogen-bond acceptors (Lipinski definition) is 4. The van der Waals surface area contributed by atoms with Crippen LogP contribution in [0.15, 0.2) is 42.5 Å². The molecule has 0 aromatic heterocycles. The number of carbonyl (C=O) groups excluding carboxylic acids is 1. The van der Waals surface area contributed by atoms with Crippen LogP contribution in [0.4, 0.5) is 10.1 Å². The van der Waals surface area contributed by atoms with E-state index >= 15 is 0 Å². The van der Waals surface area contributed by atoms with Crippen LogP contribution in [0.25, 0.3) is 0 Å². The number of nitrogens with one attached hydrogen (secondary N) is 1. The quantitative estimate of drug-likeness (QED) is 0.836. The van der Waals surface area contributed by atoms with Crippen LogP contribution in [0.3, 0.4) is 0 Å². The molecule has 0 radical (unpaired) electrons. The first-order valence-corrected chi connectivity index (χ1v) is 7.92. The summed E-state index contributed by atoms with van der Waals surface area (Å²) >= 11 is 0. The molecule has 134 valence electrons. The first-order valence-electron chi connectivity index (χ1n) is 7.92. The zero-order valence-corrected chi connectivity index (χ0v) is 14.9. The Hall–Kier alpha value is -2.60. The Balaban J connectivity index is 2.06. The van der Waals surface area contributed by atoms with Crippen molar-refractivity contribution in [3.8, 4) is 11.5 Å². The highest BCUT2D eigenvalue weighted by molar-refractivity contribution is 5.94. The number of hydrogen-bond donors (Lipinski definition) is 1. The molecule has 1 N–H and O–H groups in total. The van der Waals surface area contributed by atoms with Crippen molar-refractivity contribution in [2.24, 2.45) is 0 Å². The second kappa shape index (κ2) is 8.48. The highest BCUT2D eigenvalue weighted by Gasteiger charge is 2.20. The Morgan fingerprint density at radius 2 is 1.92 bits per heavy atom. The first kappa shape index (κ1) is 18.7. The van der Waals surface area contributed by atoms with E-state index in [4.69, 9.17) is 9.47 Å². The molecule has 0 bridgehead atoms. The van der Waals surface area contributed by atoms with Gasteiger partial charge >= 0.3 is 0 Å². The van der Waals surface area contributed by atoms with Gasteiger partial charge in [-0.3, -0.25) is 9.69 Å². The van der Waals surface area contributed by atoms with Crippen LogP contribution in [-0.4, -0.2) is 38.1 Å². The molecule has 1 atom stereocenters. The summed E-state index contributed by atoms with van der Waals surface area (Å²) < 4.78 is 24.2. The molecule has 2 aromatic rings. The van der Waals surface area contributed by atoms with Crippen molar-refractivity contribution in [1.82, 2.24) is 4.90 Å². The Kier molecular flexibility index (Phi) is 6.36.